The van der Waals surface area contributed by atoms with Crippen molar-refractivity contribution in [1.82, 2.24) is 0 Å². The summed E-state index contributed by atoms with van der Waals surface area (Å²) < 4.78 is 0. The van der Waals surface area contributed by atoms with Crippen molar-refractivity contribution in [2.45, 2.75) is 155 Å². The zero-order valence-electron chi connectivity index (χ0n) is 19.3. The zero-order valence-corrected chi connectivity index (χ0v) is 19.3. The van der Waals surface area contributed by atoms with Crippen LogP contribution in [0.5, 0.6) is 0 Å². The minimum atomic E-state index is 0.991. The van der Waals surface area contributed by atoms with Gasteiger partial charge in [-0.05, 0) is 5.92 Å². The molecule has 0 saturated heterocycles. The summed E-state index contributed by atoms with van der Waals surface area (Å²) in [5.74, 6) is 0.991. The van der Waals surface area contributed by atoms with E-state index in [1.807, 2.05) is 0 Å². The van der Waals surface area contributed by atoms with Crippen LogP contribution in [0.25, 0.3) is 0 Å². The maximum atomic E-state index is 3.96. The number of hydrogen-bond donors (Lipinski definition) is 0. The summed E-state index contributed by atoms with van der Waals surface area (Å²) in [6.07, 6.45) is 32.6. The quantitative estimate of drug-likeness (QED) is 0.155. The van der Waals surface area contributed by atoms with Crippen LogP contribution in [0.1, 0.15) is 155 Å². The van der Waals surface area contributed by atoms with Gasteiger partial charge in [-0.25, -0.2) is 0 Å². The number of rotatable bonds is 23. The van der Waals surface area contributed by atoms with E-state index in [2.05, 4.69) is 20.8 Å². The van der Waals surface area contributed by atoms with Crippen molar-refractivity contribution in [3.63, 3.8) is 0 Å². The van der Waals surface area contributed by atoms with Gasteiger partial charge in [-0.3, -0.25) is 0 Å². The topological polar surface area (TPSA) is 0 Å². The molecule has 27 heavy (non-hydrogen) atoms. The van der Waals surface area contributed by atoms with Gasteiger partial charge in [0, 0.05) is 0 Å². The van der Waals surface area contributed by atoms with Crippen LogP contribution in [0, 0.1) is 19.8 Å². The Bertz CT molecular complexity index is 244. The molecule has 0 aromatic carbocycles. The molecule has 0 spiro atoms. The van der Waals surface area contributed by atoms with Gasteiger partial charge in [0.1, 0.15) is 0 Å². The van der Waals surface area contributed by atoms with E-state index in [0.29, 0.717) is 0 Å². The van der Waals surface area contributed by atoms with Gasteiger partial charge < -0.3 is 0 Å². The molecule has 0 nitrogen and oxygen atoms in total. The number of unbranched alkanes of at least 4 members (excludes halogenated alkanes) is 18. The first-order valence-corrected chi connectivity index (χ1v) is 12.9. The Balaban J connectivity index is 3.14. The molecule has 1 unspecified atom stereocenters. The average molecular weight is 379 g/mol. The molecule has 0 bridgehead atoms. The fourth-order valence-corrected chi connectivity index (χ4v) is 4.25. The molecule has 1 atom stereocenters. The average Bonchev–Trinajstić information content (AvgIpc) is 2.69. The van der Waals surface area contributed by atoms with Crippen molar-refractivity contribution in [2.75, 3.05) is 0 Å². The first-order valence-electron chi connectivity index (χ1n) is 12.9. The Kier molecular flexibility index (Phi) is 24.0. The van der Waals surface area contributed by atoms with E-state index in [0.717, 1.165) is 18.8 Å². The molecule has 0 aliphatic rings. The standard InChI is InChI=1S/C27H54/c1-4-7-9-10-11-12-13-14-15-16-17-18-19-20-21-22-24-26-27(6-3)25-23-8-5-2/h27H,1-2,4-26H2,3H3. The van der Waals surface area contributed by atoms with Crippen LogP contribution in [0.2, 0.25) is 0 Å². The predicted octanol–water partition coefficient (Wildman–Crippen LogP) is 10.3. The Hall–Kier alpha value is 0. The fourth-order valence-electron chi connectivity index (χ4n) is 4.25. The van der Waals surface area contributed by atoms with E-state index in [9.17, 15) is 0 Å². The number of hydrogen-bond acceptors (Lipinski definition) is 0. The van der Waals surface area contributed by atoms with Crippen LogP contribution < -0.4 is 0 Å². The zero-order chi connectivity index (χ0) is 19.8. The molecule has 0 heteroatoms. The maximum Gasteiger partial charge on any atom is -0.0417 e. The third-order valence-corrected chi connectivity index (χ3v) is 6.30. The van der Waals surface area contributed by atoms with Gasteiger partial charge in [0.05, 0.1) is 0 Å². The van der Waals surface area contributed by atoms with Crippen molar-refractivity contribution < 1.29 is 0 Å². The summed E-state index contributed by atoms with van der Waals surface area (Å²) in [7, 11) is 0. The Morgan fingerprint density at radius 2 is 0.667 bits per heavy atom. The van der Waals surface area contributed by atoms with E-state index < -0.39 is 0 Å². The summed E-state index contributed by atoms with van der Waals surface area (Å²) in [5, 5.41) is 0. The van der Waals surface area contributed by atoms with Crippen LogP contribution in [0.15, 0.2) is 0 Å². The Morgan fingerprint density at radius 3 is 1.00 bits per heavy atom. The van der Waals surface area contributed by atoms with Crippen molar-refractivity contribution in [3.05, 3.63) is 13.8 Å². The van der Waals surface area contributed by atoms with Crippen molar-refractivity contribution in [1.29, 1.82) is 0 Å². The van der Waals surface area contributed by atoms with Gasteiger partial charge >= 0.3 is 0 Å². The molecule has 0 amide bonds. The first-order chi connectivity index (χ1) is 13.3. The molecule has 2 radical (unpaired) electrons. The Labute approximate surface area is 174 Å². The molecule has 0 aromatic rings. The largest absolute Gasteiger partial charge is 0.0651 e. The van der Waals surface area contributed by atoms with Crippen LogP contribution in [-0.2, 0) is 0 Å². The molecule has 0 aliphatic heterocycles. The highest BCUT2D eigenvalue weighted by atomic mass is 14.1. The van der Waals surface area contributed by atoms with Crippen molar-refractivity contribution in [2.24, 2.45) is 5.92 Å². The molecular weight excluding hydrogens is 324 g/mol. The van der Waals surface area contributed by atoms with Gasteiger partial charge in [-0.1, -0.05) is 168 Å². The lowest BCUT2D eigenvalue weighted by atomic mass is 9.92. The van der Waals surface area contributed by atoms with Crippen LogP contribution in [-0.4, -0.2) is 0 Å². The van der Waals surface area contributed by atoms with E-state index in [1.54, 1.807) is 0 Å². The summed E-state index contributed by atoms with van der Waals surface area (Å²) in [6, 6.07) is 0. The van der Waals surface area contributed by atoms with E-state index in [1.165, 1.54) is 135 Å². The van der Waals surface area contributed by atoms with Crippen LogP contribution in [0.3, 0.4) is 0 Å². The molecule has 0 heterocycles. The predicted molar refractivity (Wildman–Crippen MR) is 126 cm³/mol. The summed E-state index contributed by atoms with van der Waals surface area (Å²) in [5.41, 5.74) is 0. The van der Waals surface area contributed by atoms with Crippen molar-refractivity contribution >= 4 is 0 Å². The lowest BCUT2D eigenvalue weighted by molar-refractivity contribution is 0.397. The van der Waals surface area contributed by atoms with E-state index >= 15 is 0 Å². The molecule has 0 rings (SSSR count). The first kappa shape index (κ1) is 27.0. The highest BCUT2D eigenvalue weighted by molar-refractivity contribution is 4.59. The SMILES string of the molecule is [CH2]CCCCCCCCCCCCCCCCCCC(CC)CCCC[CH2]. The second-order valence-electron chi connectivity index (χ2n) is 8.92. The van der Waals surface area contributed by atoms with Gasteiger partial charge in [0.2, 0.25) is 0 Å². The summed E-state index contributed by atoms with van der Waals surface area (Å²) >= 11 is 0. The third-order valence-electron chi connectivity index (χ3n) is 6.30. The lowest BCUT2D eigenvalue weighted by Crippen LogP contribution is -1.99. The van der Waals surface area contributed by atoms with Crippen LogP contribution >= 0.6 is 0 Å². The molecule has 0 aliphatic carbocycles. The normalized spacial score (nSPS) is 12.6. The van der Waals surface area contributed by atoms with Gasteiger partial charge in [-0.2, -0.15) is 0 Å². The van der Waals surface area contributed by atoms with E-state index in [4.69, 9.17) is 0 Å². The van der Waals surface area contributed by atoms with Gasteiger partial charge in [-0.15, -0.1) is 0 Å². The minimum absolute atomic E-state index is 0.991. The highest BCUT2D eigenvalue weighted by Crippen LogP contribution is 2.21. The summed E-state index contributed by atoms with van der Waals surface area (Å²) in [4.78, 5) is 0. The van der Waals surface area contributed by atoms with Gasteiger partial charge in [0.15, 0.2) is 0 Å². The van der Waals surface area contributed by atoms with Gasteiger partial charge in [0.25, 0.3) is 0 Å². The molecular formula is C27H54. The lowest BCUT2D eigenvalue weighted by Gasteiger charge is -2.14. The highest BCUT2D eigenvalue weighted by Gasteiger charge is 2.05. The smallest absolute Gasteiger partial charge is 0.0417 e. The van der Waals surface area contributed by atoms with Crippen molar-refractivity contribution in [3.8, 4) is 0 Å². The minimum Gasteiger partial charge on any atom is -0.0651 e. The second-order valence-corrected chi connectivity index (χ2v) is 8.92. The molecule has 162 valence electrons. The molecule has 0 fully saturated rings. The fraction of sp³-hybridized carbons (Fsp3) is 0.926. The van der Waals surface area contributed by atoms with Crippen LogP contribution in [0.4, 0.5) is 0 Å². The molecule has 0 N–H and O–H groups in total. The Morgan fingerprint density at radius 1 is 0.407 bits per heavy atom. The molecule has 0 saturated carbocycles. The molecule has 0 aromatic heterocycles. The van der Waals surface area contributed by atoms with E-state index in [-0.39, 0.29) is 0 Å². The second kappa shape index (κ2) is 24.0. The monoisotopic (exact) mass is 378 g/mol. The summed E-state index contributed by atoms with van der Waals surface area (Å²) in [6.45, 7) is 10.2. The third kappa shape index (κ3) is 22.2. The maximum absolute atomic E-state index is 3.96.